The first-order chi connectivity index (χ1) is 7.81. The highest BCUT2D eigenvalue weighted by Crippen LogP contribution is 2.22. The van der Waals surface area contributed by atoms with Gasteiger partial charge >= 0.3 is 0 Å². The molecule has 1 rings (SSSR count). The lowest BCUT2D eigenvalue weighted by atomic mass is 9.94. The van der Waals surface area contributed by atoms with Crippen LogP contribution in [0.1, 0.15) is 58.3 Å². The van der Waals surface area contributed by atoms with Crippen LogP contribution in [0.5, 0.6) is 0 Å². The van der Waals surface area contributed by atoms with Crippen molar-refractivity contribution in [2.75, 3.05) is 6.54 Å². The molecule has 0 amide bonds. The summed E-state index contributed by atoms with van der Waals surface area (Å²) in [6.45, 7) is 7.73. The van der Waals surface area contributed by atoms with Crippen molar-refractivity contribution in [2.45, 2.75) is 52.5 Å². The maximum Gasteiger partial charge on any atom is 0.141 e. The first-order valence-corrected chi connectivity index (χ1v) is 6.40. The Labute approximate surface area is 98.2 Å². The number of nitrogens with zero attached hydrogens (tertiary/aromatic N) is 2. The second-order valence-electron chi connectivity index (χ2n) is 4.30. The summed E-state index contributed by atoms with van der Waals surface area (Å²) < 4.78 is 0. The van der Waals surface area contributed by atoms with Gasteiger partial charge in [-0.1, -0.05) is 33.6 Å². The van der Waals surface area contributed by atoms with E-state index in [0.717, 1.165) is 31.1 Å². The van der Waals surface area contributed by atoms with Crippen LogP contribution in [0.25, 0.3) is 0 Å². The Balaban J connectivity index is 2.56. The van der Waals surface area contributed by atoms with Gasteiger partial charge in [0.2, 0.25) is 0 Å². The second kappa shape index (κ2) is 7.39. The van der Waals surface area contributed by atoms with Crippen molar-refractivity contribution in [1.82, 2.24) is 20.5 Å². The number of aromatic nitrogens is 3. The summed E-state index contributed by atoms with van der Waals surface area (Å²) in [6, 6.07) is 0.326. The minimum absolute atomic E-state index is 0.326. The van der Waals surface area contributed by atoms with Crippen molar-refractivity contribution in [1.29, 1.82) is 0 Å². The summed E-state index contributed by atoms with van der Waals surface area (Å²) in [5.41, 5.74) is 0. The zero-order valence-corrected chi connectivity index (χ0v) is 10.7. The third-order valence-corrected chi connectivity index (χ3v) is 3.13. The SMILES string of the molecule is CCCNC(CC(CC)CC)c1ncn[nH]1. The van der Waals surface area contributed by atoms with Crippen LogP contribution in [0.15, 0.2) is 6.33 Å². The predicted molar refractivity (Wildman–Crippen MR) is 66.1 cm³/mol. The maximum absolute atomic E-state index is 4.26. The average molecular weight is 224 g/mol. The van der Waals surface area contributed by atoms with Crippen LogP contribution in [0.2, 0.25) is 0 Å². The molecule has 0 aliphatic heterocycles. The summed E-state index contributed by atoms with van der Waals surface area (Å²) in [4.78, 5) is 4.26. The smallest absolute Gasteiger partial charge is 0.141 e. The molecule has 1 aromatic rings. The molecule has 4 nitrogen and oxygen atoms in total. The Kier molecular flexibility index (Phi) is 6.08. The van der Waals surface area contributed by atoms with Crippen LogP contribution in [0.4, 0.5) is 0 Å². The Morgan fingerprint density at radius 3 is 2.56 bits per heavy atom. The largest absolute Gasteiger partial charge is 0.307 e. The van der Waals surface area contributed by atoms with Gasteiger partial charge in [-0.2, -0.15) is 5.10 Å². The van der Waals surface area contributed by atoms with Crippen molar-refractivity contribution in [3.05, 3.63) is 12.2 Å². The van der Waals surface area contributed by atoms with E-state index in [1.807, 2.05) is 0 Å². The number of hydrogen-bond donors (Lipinski definition) is 2. The molecular weight excluding hydrogens is 200 g/mol. The number of hydrogen-bond acceptors (Lipinski definition) is 3. The van der Waals surface area contributed by atoms with Crippen molar-refractivity contribution in [2.24, 2.45) is 5.92 Å². The molecule has 0 saturated heterocycles. The van der Waals surface area contributed by atoms with Crippen LogP contribution in [0.3, 0.4) is 0 Å². The highest BCUT2D eigenvalue weighted by molar-refractivity contribution is 4.92. The zero-order valence-electron chi connectivity index (χ0n) is 10.7. The van der Waals surface area contributed by atoms with Gasteiger partial charge in [-0.15, -0.1) is 0 Å². The van der Waals surface area contributed by atoms with Gasteiger partial charge in [0, 0.05) is 0 Å². The fourth-order valence-corrected chi connectivity index (χ4v) is 1.95. The molecule has 1 aromatic heterocycles. The fourth-order valence-electron chi connectivity index (χ4n) is 1.95. The maximum atomic E-state index is 4.26. The molecule has 0 fully saturated rings. The normalized spacial score (nSPS) is 13.2. The predicted octanol–water partition coefficient (Wildman–Crippen LogP) is 2.67. The first kappa shape index (κ1) is 13.2. The molecule has 0 aliphatic carbocycles. The van der Waals surface area contributed by atoms with Gasteiger partial charge < -0.3 is 5.32 Å². The topological polar surface area (TPSA) is 53.6 Å². The van der Waals surface area contributed by atoms with Gasteiger partial charge in [0.25, 0.3) is 0 Å². The molecular formula is C12H24N4. The van der Waals surface area contributed by atoms with Gasteiger partial charge in [-0.3, -0.25) is 5.10 Å². The van der Waals surface area contributed by atoms with E-state index >= 15 is 0 Å². The second-order valence-corrected chi connectivity index (χ2v) is 4.30. The molecule has 0 spiro atoms. The van der Waals surface area contributed by atoms with Gasteiger partial charge in [0.15, 0.2) is 0 Å². The van der Waals surface area contributed by atoms with E-state index in [4.69, 9.17) is 0 Å². The van der Waals surface area contributed by atoms with Crippen molar-refractivity contribution in [3.8, 4) is 0 Å². The molecule has 0 aromatic carbocycles. The van der Waals surface area contributed by atoms with Gasteiger partial charge in [-0.25, -0.2) is 4.98 Å². The van der Waals surface area contributed by atoms with E-state index in [1.165, 1.54) is 12.8 Å². The average Bonchev–Trinajstić information content (AvgIpc) is 2.83. The molecule has 1 heterocycles. The van der Waals surface area contributed by atoms with E-state index in [0.29, 0.717) is 6.04 Å². The van der Waals surface area contributed by atoms with E-state index in [-0.39, 0.29) is 0 Å². The van der Waals surface area contributed by atoms with E-state index in [1.54, 1.807) is 6.33 Å². The lowest BCUT2D eigenvalue weighted by Crippen LogP contribution is -2.25. The highest BCUT2D eigenvalue weighted by Gasteiger charge is 2.17. The summed E-state index contributed by atoms with van der Waals surface area (Å²) >= 11 is 0. The van der Waals surface area contributed by atoms with E-state index in [9.17, 15) is 0 Å². The minimum Gasteiger partial charge on any atom is -0.307 e. The minimum atomic E-state index is 0.326. The summed E-state index contributed by atoms with van der Waals surface area (Å²) in [5.74, 6) is 1.74. The molecule has 0 bridgehead atoms. The van der Waals surface area contributed by atoms with Crippen LogP contribution >= 0.6 is 0 Å². The molecule has 0 aliphatic rings. The summed E-state index contributed by atoms with van der Waals surface area (Å²) in [5, 5.41) is 10.4. The monoisotopic (exact) mass is 224 g/mol. The third-order valence-electron chi connectivity index (χ3n) is 3.13. The Bertz CT molecular complexity index is 254. The van der Waals surface area contributed by atoms with Crippen molar-refractivity contribution >= 4 is 0 Å². The molecule has 0 saturated carbocycles. The zero-order chi connectivity index (χ0) is 11.8. The molecule has 0 radical (unpaired) electrons. The summed E-state index contributed by atoms with van der Waals surface area (Å²) in [7, 11) is 0. The number of rotatable bonds is 8. The van der Waals surface area contributed by atoms with E-state index < -0.39 is 0 Å². The standard InChI is InChI=1S/C12H24N4/c1-4-7-13-11(8-10(5-2)6-3)12-14-9-15-16-12/h9-11,13H,4-8H2,1-3H3,(H,14,15,16). The van der Waals surface area contributed by atoms with Gasteiger partial charge in [-0.05, 0) is 25.3 Å². The Hall–Kier alpha value is -0.900. The lowest BCUT2D eigenvalue weighted by Gasteiger charge is -2.21. The Morgan fingerprint density at radius 2 is 2.06 bits per heavy atom. The molecule has 92 valence electrons. The number of nitrogens with one attached hydrogen (secondary N) is 2. The highest BCUT2D eigenvalue weighted by atomic mass is 15.2. The van der Waals surface area contributed by atoms with Crippen LogP contribution in [0, 0.1) is 5.92 Å². The quantitative estimate of drug-likeness (QED) is 0.714. The Morgan fingerprint density at radius 1 is 1.31 bits per heavy atom. The molecule has 1 unspecified atom stereocenters. The van der Waals surface area contributed by atoms with E-state index in [2.05, 4.69) is 41.3 Å². The first-order valence-electron chi connectivity index (χ1n) is 6.40. The molecule has 1 atom stereocenters. The molecule has 4 heteroatoms. The van der Waals surface area contributed by atoms with Crippen molar-refractivity contribution in [3.63, 3.8) is 0 Å². The van der Waals surface area contributed by atoms with Gasteiger partial charge in [0.1, 0.15) is 12.2 Å². The summed E-state index contributed by atoms with van der Waals surface area (Å²) in [6.07, 6.45) is 6.34. The molecule has 16 heavy (non-hydrogen) atoms. The van der Waals surface area contributed by atoms with Crippen LogP contribution < -0.4 is 5.32 Å². The number of aromatic amines is 1. The number of H-pyrrole nitrogens is 1. The molecule has 2 N–H and O–H groups in total. The van der Waals surface area contributed by atoms with Crippen LogP contribution in [-0.4, -0.2) is 21.7 Å². The van der Waals surface area contributed by atoms with Crippen molar-refractivity contribution < 1.29 is 0 Å². The van der Waals surface area contributed by atoms with Crippen LogP contribution in [-0.2, 0) is 0 Å². The third kappa shape index (κ3) is 3.93. The van der Waals surface area contributed by atoms with Gasteiger partial charge in [0.05, 0.1) is 6.04 Å². The lowest BCUT2D eigenvalue weighted by molar-refractivity contribution is 0.362. The fraction of sp³-hybridized carbons (Fsp3) is 0.833.